The molecule has 0 spiro atoms. The summed E-state index contributed by atoms with van der Waals surface area (Å²) in [5, 5.41) is 2.87. The van der Waals surface area contributed by atoms with Gasteiger partial charge in [-0.15, -0.1) is 11.3 Å². The van der Waals surface area contributed by atoms with E-state index in [0.717, 1.165) is 46.6 Å². The molecule has 1 N–H and O–H groups in total. The highest BCUT2D eigenvalue weighted by atomic mass is 32.2. The third-order valence-corrected chi connectivity index (χ3v) is 5.24. The average Bonchev–Trinajstić information content (AvgIpc) is 3.11. The van der Waals surface area contributed by atoms with E-state index in [4.69, 9.17) is 0 Å². The summed E-state index contributed by atoms with van der Waals surface area (Å²) in [5.41, 5.74) is 4.02. The number of sulfonamides is 1. The summed E-state index contributed by atoms with van der Waals surface area (Å²) in [6.45, 7) is 2.12. The van der Waals surface area contributed by atoms with Crippen molar-refractivity contribution in [3.05, 3.63) is 59.2 Å². The molecule has 0 saturated carbocycles. The van der Waals surface area contributed by atoms with Gasteiger partial charge in [-0.25, -0.2) is 18.1 Å². The number of pyridine rings is 1. The normalized spacial score (nSPS) is 11.3. The Morgan fingerprint density at radius 1 is 1.15 bits per heavy atom. The van der Waals surface area contributed by atoms with Crippen LogP contribution in [-0.4, -0.2) is 30.5 Å². The first-order valence-corrected chi connectivity index (χ1v) is 11.2. The fourth-order valence-electron chi connectivity index (χ4n) is 2.56. The van der Waals surface area contributed by atoms with E-state index in [1.54, 1.807) is 41.8 Å². The van der Waals surface area contributed by atoms with Gasteiger partial charge in [0.25, 0.3) is 5.91 Å². The number of carbonyl (C=O) groups is 1. The minimum absolute atomic E-state index is 0.276. The fraction of sp³-hybridized carbons (Fsp3) is 0.211. The van der Waals surface area contributed by atoms with Crippen LogP contribution in [-0.2, 0) is 16.4 Å². The highest BCUT2D eigenvalue weighted by molar-refractivity contribution is 7.89. The standard InChI is InChI=1S/C19H19N3O3S2/c1-3-4-16-11-15(9-10-20-16)19-21-17(12-26-19)13-5-7-14(8-6-13)18(23)22-27(2,24)25/h5-12H,3-4H2,1-2H3,(H,22,23). The molecular formula is C19H19N3O3S2. The van der Waals surface area contributed by atoms with Crippen molar-refractivity contribution in [2.24, 2.45) is 0 Å². The molecule has 0 unspecified atom stereocenters. The van der Waals surface area contributed by atoms with Gasteiger partial charge in [-0.1, -0.05) is 25.5 Å². The predicted molar refractivity (Wildman–Crippen MR) is 107 cm³/mol. The molecular weight excluding hydrogens is 382 g/mol. The molecule has 0 saturated heterocycles. The Morgan fingerprint density at radius 3 is 2.56 bits per heavy atom. The zero-order chi connectivity index (χ0) is 19.4. The van der Waals surface area contributed by atoms with Crippen molar-refractivity contribution in [1.82, 2.24) is 14.7 Å². The zero-order valence-corrected chi connectivity index (χ0v) is 16.6. The van der Waals surface area contributed by atoms with Crippen molar-refractivity contribution in [2.75, 3.05) is 6.26 Å². The maximum atomic E-state index is 11.9. The van der Waals surface area contributed by atoms with Gasteiger partial charge in [0.05, 0.1) is 11.9 Å². The Labute approximate surface area is 162 Å². The van der Waals surface area contributed by atoms with Gasteiger partial charge < -0.3 is 0 Å². The molecule has 6 nitrogen and oxygen atoms in total. The lowest BCUT2D eigenvalue weighted by molar-refractivity contribution is 0.0981. The van der Waals surface area contributed by atoms with Crippen LogP contribution in [0, 0.1) is 0 Å². The first-order valence-electron chi connectivity index (χ1n) is 8.39. The Hall–Kier alpha value is -2.58. The van der Waals surface area contributed by atoms with Crippen molar-refractivity contribution in [3.63, 3.8) is 0 Å². The smallest absolute Gasteiger partial charge is 0.264 e. The lowest BCUT2D eigenvalue weighted by Gasteiger charge is -2.03. The molecule has 3 aromatic rings. The minimum atomic E-state index is -3.58. The SMILES string of the molecule is CCCc1cc(-c2nc(-c3ccc(C(=O)NS(C)(=O)=O)cc3)cs2)ccn1. The summed E-state index contributed by atoms with van der Waals surface area (Å²) < 4.78 is 24.3. The van der Waals surface area contributed by atoms with E-state index in [1.807, 2.05) is 16.2 Å². The summed E-state index contributed by atoms with van der Waals surface area (Å²) in [5.74, 6) is -0.650. The Kier molecular flexibility index (Phi) is 5.67. The molecule has 0 aliphatic heterocycles. The molecule has 3 rings (SSSR count). The molecule has 2 heterocycles. The van der Waals surface area contributed by atoms with Crippen LogP contribution >= 0.6 is 11.3 Å². The molecule has 0 radical (unpaired) electrons. The molecule has 0 atom stereocenters. The molecule has 140 valence electrons. The van der Waals surface area contributed by atoms with Crippen LogP contribution in [0.25, 0.3) is 21.8 Å². The maximum absolute atomic E-state index is 11.9. The third-order valence-electron chi connectivity index (χ3n) is 3.79. The number of carbonyl (C=O) groups excluding carboxylic acids is 1. The first kappa shape index (κ1) is 19.2. The quantitative estimate of drug-likeness (QED) is 0.683. The lowest BCUT2D eigenvalue weighted by atomic mass is 10.1. The summed E-state index contributed by atoms with van der Waals surface area (Å²) >= 11 is 1.55. The largest absolute Gasteiger partial charge is 0.268 e. The monoisotopic (exact) mass is 401 g/mol. The van der Waals surface area contributed by atoms with Crippen LogP contribution in [0.3, 0.4) is 0 Å². The Bertz CT molecular complexity index is 1060. The number of nitrogens with one attached hydrogen (secondary N) is 1. The van der Waals surface area contributed by atoms with E-state index in [-0.39, 0.29) is 5.56 Å². The Balaban J connectivity index is 1.80. The van der Waals surface area contributed by atoms with E-state index in [2.05, 4.69) is 23.0 Å². The number of thiazole rings is 1. The van der Waals surface area contributed by atoms with E-state index < -0.39 is 15.9 Å². The van der Waals surface area contributed by atoms with Crippen molar-refractivity contribution >= 4 is 27.3 Å². The number of rotatable bonds is 6. The highest BCUT2D eigenvalue weighted by Crippen LogP contribution is 2.29. The summed E-state index contributed by atoms with van der Waals surface area (Å²) in [6.07, 6.45) is 4.72. The summed E-state index contributed by atoms with van der Waals surface area (Å²) in [4.78, 5) is 20.9. The van der Waals surface area contributed by atoms with Crippen molar-refractivity contribution in [1.29, 1.82) is 0 Å². The van der Waals surface area contributed by atoms with Crippen molar-refractivity contribution < 1.29 is 13.2 Å². The third kappa shape index (κ3) is 4.99. The summed E-state index contributed by atoms with van der Waals surface area (Å²) in [7, 11) is -3.58. The highest BCUT2D eigenvalue weighted by Gasteiger charge is 2.12. The predicted octanol–water partition coefficient (Wildman–Crippen LogP) is 3.51. The van der Waals surface area contributed by atoms with Crippen molar-refractivity contribution in [3.8, 4) is 21.8 Å². The lowest BCUT2D eigenvalue weighted by Crippen LogP contribution is -2.29. The number of aromatic nitrogens is 2. The molecule has 0 bridgehead atoms. The molecule has 8 heteroatoms. The van der Waals surface area contributed by atoms with Crippen LogP contribution in [0.2, 0.25) is 0 Å². The topological polar surface area (TPSA) is 89.0 Å². The summed E-state index contributed by atoms with van der Waals surface area (Å²) in [6, 6.07) is 10.7. The van der Waals surface area contributed by atoms with Crippen LogP contribution in [0.15, 0.2) is 48.0 Å². The second-order valence-corrected chi connectivity index (χ2v) is 8.71. The number of hydrogen-bond acceptors (Lipinski definition) is 6. The van der Waals surface area contributed by atoms with Gasteiger partial charge in [-0.2, -0.15) is 0 Å². The number of aryl methyl sites for hydroxylation is 1. The van der Waals surface area contributed by atoms with E-state index >= 15 is 0 Å². The Morgan fingerprint density at radius 2 is 1.89 bits per heavy atom. The van der Waals surface area contributed by atoms with Gasteiger partial charge in [0.2, 0.25) is 10.0 Å². The molecule has 1 aromatic carbocycles. The van der Waals surface area contributed by atoms with Crippen LogP contribution < -0.4 is 4.72 Å². The van der Waals surface area contributed by atoms with E-state index in [0.29, 0.717) is 0 Å². The number of nitrogens with zero attached hydrogens (tertiary/aromatic N) is 2. The molecule has 0 aliphatic carbocycles. The molecule has 1 amide bonds. The van der Waals surface area contributed by atoms with Gasteiger partial charge >= 0.3 is 0 Å². The number of amides is 1. The number of benzene rings is 1. The van der Waals surface area contributed by atoms with Gasteiger partial charge in [-0.05, 0) is 30.7 Å². The van der Waals surface area contributed by atoms with Gasteiger partial charge in [0.15, 0.2) is 0 Å². The van der Waals surface area contributed by atoms with Gasteiger partial charge in [-0.3, -0.25) is 9.78 Å². The zero-order valence-electron chi connectivity index (χ0n) is 15.0. The molecule has 0 aliphatic rings. The maximum Gasteiger partial charge on any atom is 0.264 e. The second kappa shape index (κ2) is 7.98. The first-order chi connectivity index (χ1) is 12.9. The van der Waals surface area contributed by atoms with Gasteiger partial charge in [0, 0.05) is 34.0 Å². The second-order valence-electron chi connectivity index (χ2n) is 6.10. The van der Waals surface area contributed by atoms with Gasteiger partial charge in [0.1, 0.15) is 5.01 Å². The van der Waals surface area contributed by atoms with Crippen LogP contribution in [0.4, 0.5) is 0 Å². The molecule has 0 fully saturated rings. The van der Waals surface area contributed by atoms with E-state index in [9.17, 15) is 13.2 Å². The molecule has 27 heavy (non-hydrogen) atoms. The van der Waals surface area contributed by atoms with Crippen LogP contribution in [0.1, 0.15) is 29.4 Å². The molecule has 2 aromatic heterocycles. The average molecular weight is 402 g/mol. The minimum Gasteiger partial charge on any atom is -0.268 e. The van der Waals surface area contributed by atoms with Crippen LogP contribution in [0.5, 0.6) is 0 Å². The number of hydrogen-bond donors (Lipinski definition) is 1. The fourth-order valence-corrected chi connectivity index (χ4v) is 3.84. The van der Waals surface area contributed by atoms with Crippen molar-refractivity contribution in [2.45, 2.75) is 19.8 Å². The van der Waals surface area contributed by atoms with E-state index in [1.165, 1.54) is 0 Å².